The molecule has 0 aliphatic rings. The number of aromatic nitrogens is 2. The first-order chi connectivity index (χ1) is 13.7. The zero-order valence-corrected chi connectivity index (χ0v) is 15.7. The normalized spacial score (nSPS) is 10.6. The second kappa shape index (κ2) is 7.92. The Balaban J connectivity index is 1.44. The van der Waals surface area contributed by atoms with Crippen molar-refractivity contribution < 1.29 is 4.79 Å². The Morgan fingerprint density at radius 2 is 1.46 bits per heavy atom. The van der Waals surface area contributed by atoms with Crippen LogP contribution in [-0.4, -0.2) is 27.6 Å². The number of amides is 1. The molecule has 4 aromatic rings. The van der Waals surface area contributed by atoms with E-state index in [1.807, 2.05) is 90.7 Å². The highest BCUT2D eigenvalue weighted by Gasteiger charge is 2.13. The molecule has 0 aliphatic carbocycles. The average molecular weight is 367 g/mol. The summed E-state index contributed by atoms with van der Waals surface area (Å²) < 4.78 is 1.82. The van der Waals surface area contributed by atoms with E-state index >= 15 is 0 Å². The summed E-state index contributed by atoms with van der Waals surface area (Å²) in [5, 5.41) is 4.40. The molecule has 4 nitrogen and oxygen atoms in total. The van der Waals surface area contributed by atoms with Gasteiger partial charge in [-0.3, -0.25) is 4.79 Å². The second-order valence-electron chi connectivity index (χ2n) is 6.73. The lowest BCUT2D eigenvalue weighted by Gasteiger charge is -2.16. The van der Waals surface area contributed by atoms with Crippen molar-refractivity contribution in [2.45, 2.75) is 6.54 Å². The van der Waals surface area contributed by atoms with Gasteiger partial charge >= 0.3 is 0 Å². The summed E-state index contributed by atoms with van der Waals surface area (Å²) in [6.07, 6.45) is 3.76. The number of rotatable bonds is 5. The van der Waals surface area contributed by atoms with Crippen LogP contribution in [0.5, 0.6) is 0 Å². The van der Waals surface area contributed by atoms with Gasteiger partial charge < -0.3 is 4.90 Å². The van der Waals surface area contributed by atoms with Crippen LogP contribution in [0.1, 0.15) is 15.9 Å². The van der Waals surface area contributed by atoms with E-state index in [-0.39, 0.29) is 5.91 Å². The predicted molar refractivity (Wildman–Crippen MR) is 111 cm³/mol. The molecular weight excluding hydrogens is 346 g/mol. The van der Waals surface area contributed by atoms with Gasteiger partial charge in [-0.1, -0.05) is 60.7 Å². The van der Waals surface area contributed by atoms with Gasteiger partial charge in [0.1, 0.15) is 0 Å². The molecular formula is C24H21N3O. The lowest BCUT2D eigenvalue weighted by Crippen LogP contribution is -2.25. The molecule has 0 saturated carbocycles. The topological polar surface area (TPSA) is 38.1 Å². The SMILES string of the molecule is CN(Cc1cnn(-c2ccccc2)c1)C(=O)c1ccc(-c2ccccc2)cc1. The van der Waals surface area contributed by atoms with Crippen LogP contribution in [0.15, 0.2) is 97.3 Å². The van der Waals surface area contributed by atoms with E-state index in [4.69, 9.17) is 0 Å². The average Bonchev–Trinajstić information content (AvgIpc) is 3.23. The van der Waals surface area contributed by atoms with Crippen molar-refractivity contribution in [3.05, 3.63) is 108 Å². The zero-order valence-electron chi connectivity index (χ0n) is 15.7. The lowest BCUT2D eigenvalue weighted by molar-refractivity contribution is 0.0785. The fourth-order valence-electron chi connectivity index (χ4n) is 3.17. The van der Waals surface area contributed by atoms with Crippen LogP contribution in [0.4, 0.5) is 0 Å². The van der Waals surface area contributed by atoms with Crippen LogP contribution in [-0.2, 0) is 6.54 Å². The predicted octanol–water partition coefficient (Wildman–Crippen LogP) is 4.81. The van der Waals surface area contributed by atoms with Crippen LogP contribution in [0, 0.1) is 0 Å². The van der Waals surface area contributed by atoms with Gasteiger partial charge in [0, 0.05) is 30.9 Å². The van der Waals surface area contributed by atoms with E-state index in [0.29, 0.717) is 12.1 Å². The number of carbonyl (C=O) groups is 1. The molecule has 0 spiro atoms. The first-order valence-electron chi connectivity index (χ1n) is 9.20. The molecule has 1 amide bonds. The maximum atomic E-state index is 12.8. The number of benzene rings is 3. The van der Waals surface area contributed by atoms with E-state index in [9.17, 15) is 4.79 Å². The van der Waals surface area contributed by atoms with E-state index in [2.05, 4.69) is 17.2 Å². The number of carbonyl (C=O) groups excluding carboxylic acids is 1. The molecule has 0 N–H and O–H groups in total. The summed E-state index contributed by atoms with van der Waals surface area (Å²) in [7, 11) is 1.81. The molecule has 28 heavy (non-hydrogen) atoms. The van der Waals surface area contributed by atoms with Crippen molar-refractivity contribution in [1.82, 2.24) is 14.7 Å². The molecule has 0 atom stereocenters. The summed E-state index contributed by atoms with van der Waals surface area (Å²) in [4.78, 5) is 14.5. The molecule has 0 radical (unpaired) electrons. The van der Waals surface area contributed by atoms with Gasteiger partial charge in [0.2, 0.25) is 0 Å². The Labute approximate surface area is 164 Å². The lowest BCUT2D eigenvalue weighted by atomic mass is 10.0. The highest BCUT2D eigenvalue weighted by atomic mass is 16.2. The first-order valence-corrected chi connectivity index (χ1v) is 9.20. The van der Waals surface area contributed by atoms with Crippen LogP contribution in [0.25, 0.3) is 16.8 Å². The molecule has 3 aromatic carbocycles. The number of nitrogens with zero attached hydrogens (tertiary/aromatic N) is 3. The molecule has 4 heteroatoms. The van der Waals surface area contributed by atoms with Crippen molar-refractivity contribution >= 4 is 5.91 Å². The summed E-state index contributed by atoms with van der Waals surface area (Å²) in [6.45, 7) is 0.506. The fraction of sp³-hybridized carbons (Fsp3) is 0.0833. The number of hydrogen-bond acceptors (Lipinski definition) is 2. The van der Waals surface area contributed by atoms with E-state index < -0.39 is 0 Å². The summed E-state index contributed by atoms with van der Waals surface area (Å²) in [5.74, 6) is -0.00734. The second-order valence-corrected chi connectivity index (χ2v) is 6.73. The smallest absolute Gasteiger partial charge is 0.253 e. The van der Waals surface area contributed by atoms with Crippen LogP contribution < -0.4 is 0 Å². The molecule has 138 valence electrons. The van der Waals surface area contributed by atoms with Crippen LogP contribution in [0.2, 0.25) is 0 Å². The molecule has 0 aliphatic heterocycles. The molecule has 1 heterocycles. The Bertz CT molecular complexity index is 1050. The minimum atomic E-state index is -0.00734. The Kier molecular flexibility index (Phi) is 5.02. The Morgan fingerprint density at radius 1 is 0.857 bits per heavy atom. The molecule has 1 aromatic heterocycles. The zero-order chi connectivity index (χ0) is 19.3. The highest BCUT2D eigenvalue weighted by Crippen LogP contribution is 2.20. The van der Waals surface area contributed by atoms with Gasteiger partial charge in [-0.05, 0) is 35.4 Å². The van der Waals surface area contributed by atoms with E-state index in [0.717, 1.165) is 22.4 Å². The van der Waals surface area contributed by atoms with Gasteiger partial charge in [0.05, 0.1) is 11.9 Å². The fourth-order valence-corrected chi connectivity index (χ4v) is 3.17. The molecule has 0 fully saturated rings. The summed E-state index contributed by atoms with van der Waals surface area (Å²) in [5.41, 5.74) is 4.91. The standard InChI is InChI=1S/C24H21N3O/c1-26(17-19-16-25-27(18-19)23-10-6-3-7-11-23)24(28)22-14-12-21(13-15-22)20-8-4-2-5-9-20/h2-16,18H,17H2,1H3. The maximum Gasteiger partial charge on any atom is 0.253 e. The van der Waals surface area contributed by atoms with Gasteiger partial charge in [-0.2, -0.15) is 5.10 Å². The minimum absolute atomic E-state index is 0.00734. The third-order valence-corrected chi connectivity index (χ3v) is 4.66. The van der Waals surface area contributed by atoms with Gasteiger partial charge in [-0.15, -0.1) is 0 Å². The molecule has 0 saturated heterocycles. The molecule has 4 rings (SSSR count). The van der Waals surface area contributed by atoms with Gasteiger partial charge in [0.25, 0.3) is 5.91 Å². The quantitative estimate of drug-likeness (QED) is 0.508. The number of hydrogen-bond donors (Lipinski definition) is 0. The van der Waals surface area contributed by atoms with Crippen molar-refractivity contribution in [3.63, 3.8) is 0 Å². The third kappa shape index (κ3) is 3.86. The molecule has 0 bridgehead atoms. The van der Waals surface area contributed by atoms with Crippen LogP contribution in [0.3, 0.4) is 0 Å². The first kappa shape index (κ1) is 17.7. The maximum absolute atomic E-state index is 12.8. The third-order valence-electron chi connectivity index (χ3n) is 4.66. The minimum Gasteiger partial charge on any atom is -0.337 e. The van der Waals surface area contributed by atoms with Crippen molar-refractivity contribution in [2.24, 2.45) is 0 Å². The Hall–Kier alpha value is -3.66. The van der Waals surface area contributed by atoms with Gasteiger partial charge in [-0.25, -0.2) is 4.68 Å². The largest absolute Gasteiger partial charge is 0.337 e. The Morgan fingerprint density at radius 3 is 2.14 bits per heavy atom. The monoisotopic (exact) mass is 367 g/mol. The van der Waals surface area contributed by atoms with E-state index in [1.165, 1.54) is 0 Å². The van der Waals surface area contributed by atoms with Gasteiger partial charge in [0.15, 0.2) is 0 Å². The van der Waals surface area contributed by atoms with E-state index in [1.54, 1.807) is 11.1 Å². The van der Waals surface area contributed by atoms with Crippen molar-refractivity contribution in [2.75, 3.05) is 7.05 Å². The molecule has 0 unspecified atom stereocenters. The summed E-state index contributed by atoms with van der Waals surface area (Å²) in [6, 6.07) is 27.8. The number of para-hydroxylation sites is 1. The van der Waals surface area contributed by atoms with Crippen molar-refractivity contribution in [1.29, 1.82) is 0 Å². The van der Waals surface area contributed by atoms with Crippen molar-refractivity contribution in [3.8, 4) is 16.8 Å². The van der Waals surface area contributed by atoms with Crippen LogP contribution >= 0.6 is 0 Å². The highest BCUT2D eigenvalue weighted by molar-refractivity contribution is 5.94. The summed E-state index contributed by atoms with van der Waals surface area (Å²) >= 11 is 0.